The highest BCUT2D eigenvalue weighted by molar-refractivity contribution is 9.10. The molecule has 0 saturated heterocycles. The van der Waals surface area contributed by atoms with Gasteiger partial charge in [-0.3, -0.25) is 4.40 Å². The van der Waals surface area contributed by atoms with Crippen LogP contribution in [0.1, 0.15) is 5.56 Å². The Morgan fingerprint density at radius 1 is 1.19 bits per heavy atom. The zero-order valence-corrected chi connectivity index (χ0v) is 16.1. The third-order valence-electron chi connectivity index (χ3n) is 4.05. The highest BCUT2D eigenvalue weighted by Gasteiger charge is 2.18. The number of aryl methyl sites for hydroxylation is 1. The number of benzene rings is 2. The van der Waals surface area contributed by atoms with Crippen molar-refractivity contribution in [2.75, 3.05) is 5.32 Å². The van der Waals surface area contributed by atoms with Gasteiger partial charge in [-0.05, 0) is 48.9 Å². The fraction of sp³-hybridized carbons (Fsp3) is 0.0526. The van der Waals surface area contributed by atoms with Crippen LogP contribution in [-0.4, -0.2) is 19.5 Å². The fourth-order valence-electron chi connectivity index (χ4n) is 2.70. The summed E-state index contributed by atoms with van der Waals surface area (Å²) in [5.74, 6) is 1.37. The van der Waals surface area contributed by atoms with E-state index in [9.17, 15) is 5.11 Å². The Kier molecular flexibility index (Phi) is 4.30. The summed E-state index contributed by atoms with van der Waals surface area (Å²) >= 11 is 9.70. The van der Waals surface area contributed by atoms with Crippen LogP contribution in [-0.2, 0) is 0 Å². The molecule has 0 aliphatic heterocycles. The number of aromatic nitrogens is 3. The van der Waals surface area contributed by atoms with Gasteiger partial charge in [-0.25, -0.2) is 9.97 Å². The second-order valence-corrected chi connectivity index (χ2v) is 7.17. The number of anilines is 2. The molecule has 4 aromatic rings. The average Bonchev–Trinajstić information content (AvgIpc) is 2.99. The van der Waals surface area contributed by atoms with Crippen molar-refractivity contribution in [3.8, 4) is 17.0 Å². The highest BCUT2D eigenvalue weighted by Crippen LogP contribution is 2.37. The Morgan fingerprint density at radius 3 is 2.85 bits per heavy atom. The summed E-state index contributed by atoms with van der Waals surface area (Å²) in [5, 5.41) is 14.4. The SMILES string of the molecule is Cc1ccc(Nc2c(-c3cc(Br)ccc3O)nc3ncccn23)cc1Cl. The van der Waals surface area contributed by atoms with Gasteiger partial charge in [0.05, 0.1) is 0 Å². The lowest BCUT2D eigenvalue weighted by Crippen LogP contribution is -1.97. The molecule has 0 spiro atoms. The van der Waals surface area contributed by atoms with E-state index in [4.69, 9.17) is 11.6 Å². The molecule has 0 amide bonds. The Balaban J connectivity index is 1.92. The molecule has 130 valence electrons. The second-order valence-electron chi connectivity index (χ2n) is 5.85. The summed E-state index contributed by atoms with van der Waals surface area (Å²) in [6, 6.07) is 12.8. The number of hydrogen-bond donors (Lipinski definition) is 2. The van der Waals surface area contributed by atoms with Gasteiger partial charge in [-0.15, -0.1) is 0 Å². The van der Waals surface area contributed by atoms with E-state index >= 15 is 0 Å². The lowest BCUT2D eigenvalue weighted by molar-refractivity contribution is 0.477. The second kappa shape index (κ2) is 6.63. The maximum atomic E-state index is 10.3. The van der Waals surface area contributed by atoms with E-state index in [1.807, 2.05) is 47.9 Å². The first-order chi connectivity index (χ1) is 12.5. The Morgan fingerprint density at radius 2 is 2.04 bits per heavy atom. The maximum Gasteiger partial charge on any atom is 0.235 e. The smallest absolute Gasteiger partial charge is 0.235 e. The lowest BCUT2D eigenvalue weighted by atomic mass is 10.1. The number of nitrogens with zero attached hydrogens (tertiary/aromatic N) is 3. The number of rotatable bonds is 3. The first-order valence-electron chi connectivity index (χ1n) is 7.88. The Bertz CT molecular complexity index is 1130. The Hall–Kier alpha value is -2.57. The van der Waals surface area contributed by atoms with Crippen LogP contribution in [0.15, 0.2) is 59.3 Å². The minimum Gasteiger partial charge on any atom is -0.507 e. The number of halogens is 2. The van der Waals surface area contributed by atoms with Crippen molar-refractivity contribution in [2.45, 2.75) is 6.92 Å². The minimum atomic E-state index is 0.140. The van der Waals surface area contributed by atoms with E-state index in [-0.39, 0.29) is 5.75 Å². The zero-order chi connectivity index (χ0) is 18.3. The van der Waals surface area contributed by atoms with Crippen LogP contribution >= 0.6 is 27.5 Å². The fourth-order valence-corrected chi connectivity index (χ4v) is 3.24. The number of imidazole rings is 1. The monoisotopic (exact) mass is 428 g/mol. The summed E-state index contributed by atoms with van der Waals surface area (Å²) in [6.07, 6.45) is 3.55. The Labute approximate surface area is 163 Å². The summed E-state index contributed by atoms with van der Waals surface area (Å²) in [5.41, 5.74) is 3.02. The van der Waals surface area contributed by atoms with Gasteiger partial charge in [0.2, 0.25) is 5.78 Å². The van der Waals surface area contributed by atoms with E-state index in [0.717, 1.165) is 15.7 Å². The molecule has 0 saturated carbocycles. The highest BCUT2D eigenvalue weighted by atomic mass is 79.9. The molecule has 2 N–H and O–H groups in total. The molecule has 2 aromatic heterocycles. The molecule has 0 fully saturated rings. The number of hydrogen-bond acceptors (Lipinski definition) is 4. The number of phenolic OH excluding ortho intramolecular Hbond substituents is 1. The van der Waals surface area contributed by atoms with E-state index in [2.05, 4.69) is 31.2 Å². The van der Waals surface area contributed by atoms with Gasteiger partial charge < -0.3 is 10.4 Å². The number of phenols is 1. The third kappa shape index (κ3) is 3.02. The topological polar surface area (TPSA) is 62.5 Å². The summed E-state index contributed by atoms with van der Waals surface area (Å²) in [4.78, 5) is 8.90. The first kappa shape index (κ1) is 16.9. The number of nitrogens with one attached hydrogen (secondary N) is 1. The molecule has 4 rings (SSSR count). The standard InChI is InChI=1S/C19H14BrClN4O/c1-11-3-5-13(10-15(11)21)23-18-17(14-9-12(20)4-6-16(14)26)24-19-22-7-2-8-25(18)19/h2-10,23,26H,1H3. The molecule has 0 radical (unpaired) electrons. The number of fused-ring (bicyclic) bond motifs is 1. The van der Waals surface area contributed by atoms with Gasteiger partial charge in [0, 0.05) is 33.1 Å². The maximum absolute atomic E-state index is 10.3. The molecule has 0 atom stereocenters. The van der Waals surface area contributed by atoms with E-state index in [1.165, 1.54) is 0 Å². The molecule has 2 aromatic carbocycles. The largest absolute Gasteiger partial charge is 0.507 e. The summed E-state index contributed by atoms with van der Waals surface area (Å²) < 4.78 is 2.68. The molecule has 5 nitrogen and oxygen atoms in total. The van der Waals surface area contributed by atoms with Crippen LogP contribution in [0.25, 0.3) is 17.0 Å². The third-order valence-corrected chi connectivity index (χ3v) is 4.95. The van der Waals surface area contributed by atoms with Crippen LogP contribution in [0.4, 0.5) is 11.5 Å². The molecule has 0 unspecified atom stereocenters. The van der Waals surface area contributed by atoms with Gasteiger partial charge in [0.1, 0.15) is 17.3 Å². The quantitative estimate of drug-likeness (QED) is 0.447. The molecule has 0 bridgehead atoms. The van der Waals surface area contributed by atoms with Crippen molar-refractivity contribution >= 4 is 44.8 Å². The van der Waals surface area contributed by atoms with Crippen molar-refractivity contribution in [3.63, 3.8) is 0 Å². The molecule has 7 heteroatoms. The van der Waals surface area contributed by atoms with Crippen molar-refractivity contribution < 1.29 is 5.11 Å². The molecular weight excluding hydrogens is 416 g/mol. The minimum absolute atomic E-state index is 0.140. The van der Waals surface area contributed by atoms with Gasteiger partial charge in [0.15, 0.2) is 0 Å². The van der Waals surface area contributed by atoms with Crippen LogP contribution in [0, 0.1) is 6.92 Å². The van der Waals surface area contributed by atoms with Crippen LogP contribution in [0.3, 0.4) is 0 Å². The molecule has 0 aliphatic rings. The van der Waals surface area contributed by atoms with Crippen LogP contribution < -0.4 is 5.32 Å². The molecule has 0 aliphatic carbocycles. The van der Waals surface area contributed by atoms with E-state index < -0.39 is 0 Å². The summed E-state index contributed by atoms with van der Waals surface area (Å²) in [7, 11) is 0. The van der Waals surface area contributed by atoms with Crippen LogP contribution in [0.5, 0.6) is 5.75 Å². The predicted octanol–water partition coefficient (Wildman–Crippen LogP) is 5.57. The van der Waals surface area contributed by atoms with E-state index in [0.29, 0.717) is 27.9 Å². The number of aromatic hydroxyl groups is 1. The predicted molar refractivity (Wildman–Crippen MR) is 107 cm³/mol. The van der Waals surface area contributed by atoms with Crippen molar-refractivity contribution in [3.05, 3.63) is 69.9 Å². The van der Waals surface area contributed by atoms with Crippen molar-refractivity contribution in [1.29, 1.82) is 0 Å². The average molecular weight is 430 g/mol. The van der Waals surface area contributed by atoms with Gasteiger partial charge in [-0.2, -0.15) is 0 Å². The van der Waals surface area contributed by atoms with Crippen LogP contribution in [0.2, 0.25) is 5.02 Å². The first-order valence-corrected chi connectivity index (χ1v) is 9.05. The van der Waals surface area contributed by atoms with Gasteiger partial charge >= 0.3 is 0 Å². The van der Waals surface area contributed by atoms with Crippen molar-refractivity contribution in [2.24, 2.45) is 0 Å². The summed E-state index contributed by atoms with van der Waals surface area (Å²) in [6.45, 7) is 1.95. The molecule has 26 heavy (non-hydrogen) atoms. The van der Waals surface area contributed by atoms with Gasteiger partial charge in [-0.1, -0.05) is 33.6 Å². The molecule has 2 heterocycles. The molecular formula is C19H14BrClN4O. The lowest BCUT2D eigenvalue weighted by Gasteiger charge is -2.11. The van der Waals surface area contributed by atoms with Gasteiger partial charge in [0.25, 0.3) is 0 Å². The van der Waals surface area contributed by atoms with Crippen molar-refractivity contribution in [1.82, 2.24) is 14.4 Å². The zero-order valence-electron chi connectivity index (χ0n) is 13.7. The van der Waals surface area contributed by atoms with E-state index in [1.54, 1.807) is 18.3 Å². The normalized spacial score (nSPS) is 11.0.